The number of methoxy groups -OCH3 is 1. The first-order chi connectivity index (χ1) is 6.19. The molecule has 1 fully saturated rings. The number of hydrogen-bond acceptors (Lipinski definition) is 5. The molecule has 0 spiro atoms. The van der Waals surface area contributed by atoms with Gasteiger partial charge in [0.05, 0.1) is 0 Å². The number of ether oxygens (including phenoxy) is 3. The minimum Gasteiger partial charge on any atom is -0.460 e. The van der Waals surface area contributed by atoms with E-state index in [1.807, 2.05) is 0 Å². The van der Waals surface area contributed by atoms with E-state index in [1.165, 1.54) is 7.11 Å². The Balaban J connectivity index is 2.59. The van der Waals surface area contributed by atoms with Gasteiger partial charge in [0.1, 0.15) is 12.7 Å². The highest BCUT2D eigenvalue weighted by Crippen LogP contribution is 2.14. The van der Waals surface area contributed by atoms with Gasteiger partial charge >= 0.3 is 11.9 Å². The molecule has 0 saturated carbocycles. The van der Waals surface area contributed by atoms with Crippen LogP contribution in [-0.4, -0.2) is 37.9 Å². The molecule has 1 heterocycles. The molecule has 0 aromatic carbocycles. The summed E-state index contributed by atoms with van der Waals surface area (Å²) in [5, 5.41) is 0. The summed E-state index contributed by atoms with van der Waals surface area (Å²) in [5.41, 5.74) is 0. The van der Waals surface area contributed by atoms with E-state index >= 15 is 0 Å². The van der Waals surface area contributed by atoms with Crippen molar-refractivity contribution >= 4 is 11.9 Å². The zero-order chi connectivity index (χ0) is 9.84. The van der Waals surface area contributed by atoms with E-state index < -0.39 is 24.1 Å². The Labute approximate surface area is 75.3 Å². The molecular formula is C8H10O5. The van der Waals surface area contributed by atoms with E-state index in [4.69, 9.17) is 9.47 Å². The van der Waals surface area contributed by atoms with E-state index in [9.17, 15) is 9.59 Å². The van der Waals surface area contributed by atoms with Crippen LogP contribution in [0.4, 0.5) is 0 Å². The maximum Gasteiger partial charge on any atom is 0.350 e. The van der Waals surface area contributed by atoms with Crippen LogP contribution in [-0.2, 0) is 23.8 Å². The van der Waals surface area contributed by atoms with Gasteiger partial charge < -0.3 is 14.2 Å². The molecular weight excluding hydrogens is 176 g/mol. The van der Waals surface area contributed by atoms with Crippen molar-refractivity contribution in [1.82, 2.24) is 0 Å². The van der Waals surface area contributed by atoms with Gasteiger partial charge in [-0.15, -0.1) is 0 Å². The van der Waals surface area contributed by atoms with Gasteiger partial charge in [-0.05, 0) is 0 Å². The predicted octanol–water partition coefficient (Wildman–Crippen LogP) is -0.344. The first-order valence-electron chi connectivity index (χ1n) is 3.71. The molecule has 0 aromatic heterocycles. The third-order valence-corrected chi connectivity index (χ3v) is 1.67. The smallest absolute Gasteiger partial charge is 0.350 e. The second-order valence-electron chi connectivity index (χ2n) is 2.47. The zero-order valence-corrected chi connectivity index (χ0v) is 7.19. The van der Waals surface area contributed by atoms with Crippen molar-refractivity contribution in [3.8, 4) is 0 Å². The monoisotopic (exact) mass is 186 g/mol. The van der Waals surface area contributed by atoms with Crippen molar-refractivity contribution in [1.29, 1.82) is 0 Å². The van der Waals surface area contributed by atoms with Crippen LogP contribution in [0.15, 0.2) is 12.7 Å². The Bertz CT molecular complexity index is 235. The Morgan fingerprint density at radius 3 is 3.00 bits per heavy atom. The highest BCUT2D eigenvalue weighted by atomic mass is 16.6. The van der Waals surface area contributed by atoms with Crippen molar-refractivity contribution < 1.29 is 23.8 Å². The van der Waals surface area contributed by atoms with Crippen LogP contribution in [0, 0.1) is 0 Å². The van der Waals surface area contributed by atoms with Crippen molar-refractivity contribution in [3.63, 3.8) is 0 Å². The molecule has 1 rings (SSSR count). The van der Waals surface area contributed by atoms with Crippen molar-refractivity contribution in [3.05, 3.63) is 12.7 Å². The van der Waals surface area contributed by atoms with Crippen molar-refractivity contribution in [2.24, 2.45) is 0 Å². The lowest BCUT2D eigenvalue weighted by molar-refractivity contribution is -0.159. The number of rotatable bonds is 3. The Hall–Kier alpha value is -1.36. The first kappa shape index (κ1) is 9.73. The van der Waals surface area contributed by atoms with E-state index in [2.05, 4.69) is 11.3 Å². The maximum absolute atomic E-state index is 11.0. The minimum atomic E-state index is -0.963. The van der Waals surface area contributed by atoms with Crippen molar-refractivity contribution in [2.75, 3.05) is 13.7 Å². The highest BCUT2D eigenvalue weighted by molar-refractivity contribution is 5.86. The molecule has 13 heavy (non-hydrogen) atoms. The molecule has 1 aliphatic rings. The Kier molecular flexibility index (Phi) is 3.02. The van der Waals surface area contributed by atoms with Gasteiger partial charge in [0.2, 0.25) is 6.10 Å². The van der Waals surface area contributed by atoms with Gasteiger partial charge in [-0.3, -0.25) is 0 Å². The topological polar surface area (TPSA) is 61.8 Å². The molecule has 2 atom stereocenters. The molecule has 1 aliphatic heterocycles. The summed E-state index contributed by atoms with van der Waals surface area (Å²) in [6.45, 7) is 3.33. The normalized spacial score (nSPS) is 26.7. The van der Waals surface area contributed by atoms with Crippen LogP contribution >= 0.6 is 0 Å². The molecule has 2 unspecified atom stereocenters. The third kappa shape index (κ3) is 2.06. The van der Waals surface area contributed by atoms with Gasteiger partial charge in [0, 0.05) is 13.2 Å². The number of hydrogen-bond donors (Lipinski definition) is 0. The van der Waals surface area contributed by atoms with Crippen LogP contribution in [0.2, 0.25) is 0 Å². The second-order valence-corrected chi connectivity index (χ2v) is 2.47. The second kappa shape index (κ2) is 4.04. The summed E-state index contributed by atoms with van der Waals surface area (Å²) in [6, 6.07) is 0. The third-order valence-electron chi connectivity index (χ3n) is 1.67. The summed E-state index contributed by atoms with van der Waals surface area (Å²) < 4.78 is 14.2. The van der Waals surface area contributed by atoms with Crippen LogP contribution in [0.3, 0.4) is 0 Å². The number of carbonyl (C=O) groups excluding carboxylic acids is 2. The number of esters is 2. The van der Waals surface area contributed by atoms with Gasteiger partial charge in [-0.1, -0.05) is 6.58 Å². The minimum absolute atomic E-state index is 0.115. The molecule has 0 radical (unpaired) electrons. The lowest BCUT2D eigenvalue weighted by Gasteiger charge is -2.12. The Morgan fingerprint density at radius 1 is 1.77 bits per heavy atom. The molecule has 0 aliphatic carbocycles. The average molecular weight is 186 g/mol. The molecule has 5 nitrogen and oxygen atoms in total. The fourth-order valence-corrected chi connectivity index (χ4v) is 0.974. The summed E-state index contributed by atoms with van der Waals surface area (Å²) in [7, 11) is 1.42. The van der Waals surface area contributed by atoms with E-state index in [-0.39, 0.29) is 6.61 Å². The summed E-state index contributed by atoms with van der Waals surface area (Å²) in [4.78, 5) is 21.8. The quantitative estimate of drug-likeness (QED) is 0.445. The molecule has 0 bridgehead atoms. The SMILES string of the molecule is C=CC(=O)OC1C(=O)OCC1OC. The van der Waals surface area contributed by atoms with Crippen LogP contribution in [0.5, 0.6) is 0 Å². The molecule has 0 amide bonds. The first-order valence-corrected chi connectivity index (χ1v) is 3.71. The largest absolute Gasteiger partial charge is 0.460 e. The van der Waals surface area contributed by atoms with Gasteiger partial charge in [0.25, 0.3) is 0 Å². The van der Waals surface area contributed by atoms with Gasteiger partial charge in [-0.25, -0.2) is 9.59 Å². The van der Waals surface area contributed by atoms with E-state index in [0.29, 0.717) is 0 Å². The lowest BCUT2D eigenvalue weighted by atomic mass is 10.2. The fourth-order valence-electron chi connectivity index (χ4n) is 0.974. The standard InChI is InChI=1S/C8H10O5/c1-3-6(9)13-7-5(11-2)4-12-8(7)10/h3,5,7H,1,4H2,2H3. The number of cyclic esters (lactones) is 1. The summed E-state index contributed by atoms with van der Waals surface area (Å²) in [6.07, 6.45) is -0.495. The predicted molar refractivity (Wildman–Crippen MR) is 41.8 cm³/mol. The molecule has 5 heteroatoms. The van der Waals surface area contributed by atoms with E-state index in [0.717, 1.165) is 6.08 Å². The van der Waals surface area contributed by atoms with Gasteiger partial charge in [0.15, 0.2) is 0 Å². The van der Waals surface area contributed by atoms with E-state index in [1.54, 1.807) is 0 Å². The number of carbonyl (C=O) groups is 2. The fraction of sp³-hybridized carbons (Fsp3) is 0.500. The maximum atomic E-state index is 11.0. The molecule has 0 aromatic rings. The Morgan fingerprint density at radius 2 is 2.46 bits per heavy atom. The highest BCUT2D eigenvalue weighted by Gasteiger charge is 2.40. The molecule has 0 N–H and O–H groups in total. The van der Waals surface area contributed by atoms with Crippen molar-refractivity contribution in [2.45, 2.75) is 12.2 Å². The summed E-state index contributed by atoms with van der Waals surface area (Å²) >= 11 is 0. The average Bonchev–Trinajstić information content (AvgIpc) is 2.48. The summed E-state index contributed by atoms with van der Waals surface area (Å²) in [5.74, 6) is -1.24. The zero-order valence-electron chi connectivity index (χ0n) is 7.19. The van der Waals surface area contributed by atoms with Crippen LogP contribution in [0.25, 0.3) is 0 Å². The molecule has 72 valence electrons. The van der Waals surface area contributed by atoms with Crippen LogP contribution < -0.4 is 0 Å². The molecule has 1 saturated heterocycles. The van der Waals surface area contributed by atoms with Gasteiger partial charge in [-0.2, -0.15) is 0 Å². The van der Waals surface area contributed by atoms with Crippen LogP contribution in [0.1, 0.15) is 0 Å². The lowest BCUT2D eigenvalue weighted by Crippen LogP contribution is -2.33.